The molecule has 0 aliphatic rings. The van der Waals surface area contributed by atoms with Crippen LogP contribution in [0.15, 0.2) is 24.3 Å². The molecule has 6 heteroatoms. The van der Waals surface area contributed by atoms with Crippen molar-refractivity contribution in [3.8, 4) is 5.75 Å². The molecule has 0 radical (unpaired) electrons. The number of methoxy groups -OCH3 is 1. The van der Waals surface area contributed by atoms with Crippen LogP contribution >= 0.6 is 0 Å². The molecule has 2 N–H and O–H groups in total. The molecule has 1 aromatic carbocycles. The van der Waals surface area contributed by atoms with E-state index in [2.05, 4.69) is 4.98 Å². The van der Waals surface area contributed by atoms with E-state index in [1.54, 1.807) is 19.2 Å². The number of hydrogen-bond acceptors (Lipinski definition) is 3. The van der Waals surface area contributed by atoms with E-state index in [9.17, 15) is 9.59 Å². The number of H-pyrrole nitrogens is 1. The van der Waals surface area contributed by atoms with E-state index in [1.165, 1.54) is 7.05 Å². The number of rotatable bonds is 4. The highest BCUT2D eigenvalue weighted by Crippen LogP contribution is 2.25. The van der Waals surface area contributed by atoms with Crippen LogP contribution < -0.4 is 4.74 Å². The predicted molar refractivity (Wildman–Crippen MR) is 69.4 cm³/mol. The van der Waals surface area contributed by atoms with Gasteiger partial charge < -0.3 is 19.7 Å². The maximum Gasteiger partial charge on any atom is 0.323 e. The van der Waals surface area contributed by atoms with Gasteiger partial charge in [0.2, 0.25) is 0 Å². The largest absolute Gasteiger partial charge is 0.495 e. The van der Waals surface area contributed by atoms with Crippen LogP contribution in [0.5, 0.6) is 5.75 Å². The molecule has 0 unspecified atom stereocenters. The number of carboxylic acids is 1. The number of likely N-dealkylation sites (N-methyl/N-ethyl adjacent to an activating group) is 1. The highest BCUT2D eigenvalue weighted by atomic mass is 16.5. The van der Waals surface area contributed by atoms with Crippen LogP contribution in [-0.4, -0.2) is 47.6 Å². The smallest absolute Gasteiger partial charge is 0.323 e. The van der Waals surface area contributed by atoms with Gasteiger partial charge in [0.1, 0.15) is 18.0 Å². The van der Waals surface area contributed by atoms with Gasteiger partial charge in [-0.1, -0.05) is 12.1 Å². The Bertz CT molecular complexity index is 633. The van der Waals surface area contributed by atoms with Crippen molar-refractivity contribution in [1.29, 1.82) is 0 Å². The summed E-state index contributed by atoms with van der Waals surface area (Å²) in [7, 11) is 2.99. The molecule has 6 nitrogen and oxygen atoms in total. The Morgan fingerprint density at radius 2 is 2.16 bits per heavy atom. The molecular weight excluding hydrogens is 248 g/mol. The van der Waals surface area contributed by atoms with E-state index < -0.39 is 5.97 Å². The topological polar surface area (TPSA) is 82.6 Å². The van der Waals surface area contributed by atoms with E-state index in [4.69, 9.17) is 9.84 Å². The maximum absolute atomic E-state index is 12.0. The second-order valence-corrected chi connectivity index (χ2v) is 4.16. The lowest BCUT2D eigenvalue weighted by Gasteiger charge is -2.12. The number of carbonyl (C=O) groups excluding carboxylic acids is 1. The van der Waals surface area contributed by atoms with Crippen molar-refractivity contribution in [3.05, 3.63) is 30.0 Å². The first kappa shape index (κ1) is 12.9. The molecule has 1 aromatic heterocycles. The second-order valence-electron chi connectivity index (χ2n) is 4.16. The summed E-state index contributed by atoms with van der Waals surface area (Å²) in [6.45, 7) is -0.342. The van der Waals surface area contributed by atoms with Gasteiger partial charge in [-0.3, -0.25) is 9.59 Å². The van der Waals surface area contributed by atoms with Gasteiger partial charge in [-0.05, 0) is 12.1 Å². The molecule has 0 aliphatic heterocycles. The lowest BCUT2D eigenvalue weighted by Crippen LogP contribution is -2.32. The number of aromatic amines is 1. The second kappa shape index (κ2) is 5.01. The highest BCUT2D eigenvalue weighted by Gasteiger charge is 2.17. The van der Waals surface area contributed by atoms with Gasteiger partial charge in [0.25, 0.3) is 5.91 Å². The zero-order chi connectivity index (χ0) is 14.0. The van der Waals surface area contributed by atoms with Gasteiger partial charge in [0.05, 0.1) is 12.6 Å². The lowest BCUT2D eigenvalue weighted by molar-refractivity contribution is -0.137. The Hall–Kier alpha value is -2.50. The molecule has 2 rings (SSSR count). The number of para-hydroxylation sites is 1. The molecule has 1 amide bonds. The normalized spacial score (nSPS) is 10.4. The van der Waals surface area contributed by atoms with Crippen molar-refractivity contribution in [2.24, 2.45) is 0 Å². The number of nitrogens with zero attached hydrogens (tertiary/aromatic N) is 1. The number of fused-ring (bicyclic) bond motifs is 1. The lowest BCUT2D eigenvalue weighted by atomic mass is 10.2. The Labute approximate surface area is 109 Å². The van der Waals surface area contributed by atoms with Gasteiger partial charge in [0, 0.05) is 12.4 Å². The Kier molecular flexibility index (Phi) is 3.41. The summed E-state index contributed by atoms with van der Waals surface area (Å²) in [6, 6.07) is 7.14. The molecule has 2 aromatic rings. The van der Waals surface area contributed by atoms with Crippen LogP contribution in [-0.2, 0) is 4.79 Å². The predicted octanol–water partition coefficient (Wildman–Crippen LogP) is 1.33. The van der Waals surface area contributed by atoms with E-state index in [0.29, 0.717) is 11.4 Å². The number of carbonyl (C=O) groups is 2. The molecular formula is C13H14N2O4. The zero-order valence-electron chi connectivity index (χ0n) is 10.6. The van der Waals surface area contributed by atoms with Crippen molar-refractivity contribution >= 4 is 22.8 Å². The quantitative estimate of drug-likeness (QED) is 0.870. The van der Waals surface area contributed by atoms with E-state index in [-0.39, 0.29) is 12.5 Å². The fourth-order valence-electron chi connectivity index (χ4n) is 1.89. The number of benzene rings is 1. The summed E-state index contributed by atoms with van der Waals surface area (Å²) in [5, 5.41) is 9.52. The molecule has 0 spiro atoms. The molecule has 19 heavy (non-hydrogen) atoms. The minimum atomic E-state index is -1.05. The molecule has 0 saturated carbocycles. The van der Waals surface area contributed by atoms with Crippen LogP contribution in [0.2, 0.25) is 0 Å². The van der Waals surface area contributed by atoms with Crippen molar-refractivity contribution in [2.75, 3.05) is 20.7 Å². The van der Waals surface area contributed by atoms with Crippen LogP contribution in [0.4, 0.5) is 0 Å². The summed E-state index contributed by atoms with van der Waals surface area (Å²) < 4.78 is 5.20. The third-order valence-corrected chi connectivity index (χ3v) is 2.79. The van der Waals surface area contributed by atoms with E-state index in [0.717, 1.165) is 15.8 Å². The summed E-state index contributed by atoms with van der Waals surface area (Å²) >= 11 is 0. The van der Waals surface area contributed by atoms with Crippen molar-refractivity contribution in [3.63, 3.8) is 0 Å². The minimum absolute atomic E-state index is 0.336. The van der Waals surface area contributed by atoms with Crippen LogP contribution in [0.1, 0.15) is 10.5 Å². The van der Waals surface area contributed by atoms with Crippen LogP contribution in [0.25, 0.3) is 10.9 Å². The number of hydrogen-bond donors (Lipinski definition) is 2. The maximum atomic E-state index is 12.0. The van der Waals surface area contributed by atoms with Gasteiger partial charge in [-0.15, -0.1) is 0 Å². The van der Waals surface area contributed by atoms with Gasteiger partial charge in [-0.2, -0.15) is 0 Å². The van der Waals surface area contributed by atoms with Crippen LogP contribution in [0.3, 0.4) is 0 Å². The minimum Gasteiger partial charge on any atom is -0.495 e. The molecule has 0 aliphatic carbocycles. The zero-order valence-corrected chi connectivity index (χ0v) is 10.6. The van der Waals surface area contributed by atoms with Crippen LogP contribution in [0, 0.1) is 0 Å². The molecule has 0 atom stereocenters. The monoisotopic (exact) mass is 262 g/mol. The fourth-order valence-corrected chi connectivity index (χ4v) is 1.89. The molecule has 1 heterocycles. The van der Waals surface area contributed by atoms with E-state index >= 15 is 0 Å². The summed E-state index contributed by atoms with van der Waals surface area (Å²) in [5.74, 6) is -0.789. The standard InChI is InChI=1S/C13H14N2O4/c1-15(7-11(16)17)13(18)9-6-8-4-3-5-10(19-2)12(8)14-9/h3-6,14H,7H2,1-2H3,(H,16,17). The number of carboxylic acid groups (broad SMARTS) is 1. The number of aliphatic carboxylic acids is 1. The number of ether oxygens (including phenoxy) is 1. The third kappa shape index (κ3) is 2.52. The van der Waals surface area contributed by atoms with Gasteiger partial charge in [-0.25, -0.2) is 0 Å². The Morgan fingerprint density at radius 3 is 2.79 bits per heavy atom. The summed E-state index contributed by atoms with van der Waals surface area (Å²) in [4.78, 5) is 26.7. The summed E-state index contributed by atoms with van der Waals surface area (Å²) in [6.07, 6.45) is 0. The molecule has 0 fully saturated rings. The average molecular weight is 262 g/mol. The number of amides is 1. The third-order valence-electron chi connectivity index (χ3n) is 2.79. The Balaban J connectivity index is 2.36. The van der Waals surface area contributed by atoms with Crippen molar-refractivity contribution in [2.45, 2.75) is 0 Å². The van der Waals surface area contributed by atoms with Crippen molar-refractivity contribution in [1.82, 2.24) is 9.88 Å². The Morgan fingerprint density at radius 1 is 1.42 bits per heavy atom. The van der Waals surface area contributed by atoms with Gasteiger partial charge in [0.15, 0.2) is 0 Å². The highest BCUT2D eigenvalue weighted by molar-refractivity contribution is 6.00. The average Bonchev–Trinajstić information content (AvgIpc) is 2.80. The molecule has 0 saturated heterocycles. The number of aromatic nitrogens is 1. The SMILES string of the molecule is COc1cccc2cc(C(=O)N(C)CC(=O)O)[nH]c12. The van der Waals surface area contributed by atoms with Crippen molar-refractivity contribution < 1.29 is 19.4 Å². The molecule has 100 valence electrons. The van der Waals surface area contributed by atoms with Gasteiger partial charge >= 0.3 is 5.97 Å². The van der Waals surface area contributed by atoms with E-state index in [1.807, 2.05) is 12.1 Å². The first-order valence-corrected chi connectivity index (χ1v) is 5.66. The first-order valence-electron chi connectivity index (χ1n) is 5.66. The fraction of sp³-hybridized carbons (Fsp3) is 0.231. The number of nitrogens with one attached hydrogen (secondary N) is 1. The first-order chi connectivity index (χ1) is 9.02. The molecule has 0 bridgehead atoms. The summed E-state index contributed by atoms with van der Waals surface area (Å²) in [5.41, 5.74) is 1.06.